The molecule has 9 nitrogen and oxygen atoms in total. The smallest absolute Gasteiger partial charge is 0.325 e. The van der Waals surface area contributed by atoms with Gasteiger partial charge in [-0.3, -0.25) is 14.2 Å². The number of likely N-dealkylation sites (N-methyl/N-ethyl adjacent to an activating group) is 1. The van der Waals surface area contributed by atoms with Crippen molar-refractivity contribution in [2.24, 2.45) is 14.1 Å². The maximum absolute atomic E-state index is 12.9. The molecule has 0 unspecified atom stereocenters. The van der Waals surface area contributed by atoms with Crippen molar-refractivity contribution in [2.75, 3.05) is 18.9 Å². The lowest BCUT2D eigenvalue weighted by Crippen LogP contribution is -2.43. The maximum atomic E-state index is 12.9. The first-order valence-electron chi connectivity index (χ1n) is 8.06. The molecule has 14 heteroatoms. The molecule has 0 bridgehead atoms. The number of aromatic nitrogens is 2. The fourth-order valence-corrected chi connectivity index (χ4v) is 3.92. The van der Waals surface area contributed by atoms with Crippen molar-refractivity contribution in [3.63, 3.8) is 0 Å². The topological polar surface area (TPSA) is 110 Å². The second-order valence-corrected chi connectivity index (χ2v) is 8.67. The van der Waals surface area contributed by atoms with Gasteiger partial charge in [0.1, 0.15) is 0 Å². The van der Waals surface area contributed by atoms with E-state index in [1.54, 1.807) is 0 Å². The normalized spacial score (nSPS) is 12.3. The third kappa shape index (κ3) is 4.74. The molecule has 1 heterocycles. The van der Waals surface area contributed by atoms with Crippen LogP contribution in [0.1, 0.15) is 5.56 Å². The molecule has 2 aromatic rings. The van der Waals surface area contributed by atoms with E-state index >= 15 is 0 Å². The van der Waals surface area contributed by atoms with Gasteiger partial charge in [-0.15, -0.1) is 0 Å². The largest absolute Gasteiger partial charge is 0.417 e. The Kier molecular flexibility index (Phi) is 6.49. The second kappa shape index (κ2) is 8.24. The molecule has 164 valence electrons. The van der Waals surface area contributed by atoms with Gasteiger partial charge in [0, 0.05) is 33.0 Å². The lowest BCUT2D eigenvalue weighted by atomic mass is 10.2. The molecule has 0 aliphatic heterocycles. The zero-order chi connectivity index (χ0) is 23.0. The highest BCUT2D eigenvalue weighted by Crippen LogP contribution is 2.36. The zero-order valence-electron chi connectivity index (χ0n) is 15.8. The van der Waals surface area contributed by atoms with Crippen LogP contribution in [0.3, 0.4) is 0 Å². The van der Waals surface area contributed by atoms with E-state index < -0.39 is 55.4 Å². The summed E-state index contributed by atoms with van der Waals surface area (Å²) in [5.74, 6) is -0.960. The van der Waals surface area contributed by atoms with Crippen LogP contribution in [0, 0.1) is 0 Å². The number of rotatable bonds is 5. The quantitative estimate of drug-likeness (QED) is 0.704. The van der Waals surface area contributed by atoms with Gasteiger partial charge in [0.05, 0.1) is 17.1 Å². The van der Waals surface area contributed by atoms with E-state index in [-0.39, 0.29) is 5.69 Å². The van der Waals surface area contributed by atoms with E-state index in [0.29, 0.717) is 14.9 Å². The van der Waals surface area contributed by atoms with Gasteiger partial charge in [-0.1, -0.05) is 11.6 Å². The Labute approximate surface area is 173 Å². The lowest BCUT2D eigenvalue weighted by molar-refractivity contribution is -0.137. The summed E-state index contributed by atoms with van der Waals surface area (Å²) in [6.07, 6.45) is -3.93. The van der Waals surface area contributed by atoms with E-state index in [1.807, 2.05) is 0 Å². The molecule has 0 aliphatic carbocycles. The number of benzene rings is 1. The van der Waals surface area contributed by atoms with Crippen LogP contribution >= 0.6 is 11.6 Å². The summed E-state index contributed by atoms with van der Waals surface area (Å²) in [6, 6.07) is 2.67. The van der Waals surface area contributed by atoms with E-state index in [4.69, 9.17) is 11.6 Å². The standard InChI is InChI=1S/C16H16ClF3N4O5S/c1-22-7-12(14(26)24(3)15(22)27)30(28,29)23(2)8-13(25)21-9-4-5-11(17)10(6-9)16(18,19)20/h4-7H,8H2,1-3H3,(H,21,25). The van der Waals surface area contributed by atoms with Crippen molar-refractivity contribution in [2.45, 2.75) is 11.1 Å². The highest BCUT2D eigenvalue weighted by atomic mass is 35.5. The van der Waals surface area contributed by atoms with Crippen molar-refractivity contribution in [1.29, 1.82) is 0 Å². The van der Waals surface area contributed by atoms with Crippen LogP contribution < -0.4 is 16.6 Å². The summed E-state index contributed by atoms with van der Waals surface area (Å²) in [5.41, 5.74) is -3.25. The third-order valence-electron chi connectivity index (χ3n) is 4.02. The Hall–Kier alpha value is -2.64. The minimum absolute atomic E-state index is 0.249. The molecule has 1 amide bonds. The molecule has 0 atom stereocenters. The molecule has 0 aliphatic rings. The molecule has 0 saturated carbocycles. The predicted molar refractivity (Wildman–Crippen MR) is 102 cm³/mol. The van der Waals surface area contributed by atoms with Gasteiger partial charge >= 0.3 is 11.9 Å². The third-order valence-corrected chi connectivity index (χ3v) is 6.14. The summed E-state index contributed by atoms with van der Waals surface area (Å²) < 4.78 is 66.0. The number of sulfonamides is 1. The molecule has 1 aromatic heterocycles. The van der Waals surface area contributed by atoms with E-state index in [1.165, 1.54) is 7.05 Å². The fraction of sp³-hybridized carbons (Fsp3) is 0.312. The number of carbonyl (C=O) groups excluding carboxylic acids is 1. The molecule has 0 fully saturated rings. The van der Waals surface area contributed by atoms with E-state index in [0.717, 1.165) is 37.0 Å². The van der Waals surface area contributed by atoms with Crippen molar-refractivity contribution in [3.8, 4) is 0 Å². The number of carbonyl (C=O) groups is 1. The Morgan fingerprint density at radius 2 is 1.83 bits per heavy atom. The average Bonchev–Trinajstić information content (AvgIpc) is 2.63. The predicted octanol–water partition coefficient (Wildman–Crippen LogP) is 1.02. The summed E-state index contributed by atoms with van der Waals surface area (Å²) in [5, 5.41) is 1.58. The van der Waals surface area contributed by atoms with Crippen LogP contribution in [0.25, 0.3) is 0 Å². The van der Waals surface area contributed by atoms with Crippen LogP contribution in [0.15, 0.2) is 38.9 Å². The van der Waals surface area contributed by atoms with Crippen molar-refractivity contribution < 1.29 is 26.4 Å². The summed E-state index contributed by atoms with van der Waals surface area (Å²) >= 11 is 5.50. The SMILES string of the molecule is CN(CC(=O)Nc1ccc(Cl)c(C(F)(F)F)c1)S(=O)(=O)c1cn(C)c(=O)n(C)c1=O. The average molecular weight is 469 g/mol. The Balaban J connectivity index is 2.26. The van der Waals surface area contributed by atoms with Crippen molar-refractivity contribution in [3.05, 3.63) is 55.8 Å². The molecule has 0 spiro atoms. The second-order valence-electron chi connectivity index (χ2n) is 6.25. The maximum Gasteiger partial charge on any atom is 0.417 e. The fourth-order valence-electron chi connectivity index (χ4n) is 2.43. The highest BCUT2D eigenvalue weighted by Gasteiger charge is 2.33. The van der Waals surface area contributed by atoms with Crippen LogP contribution in [-0.2, 0) is 35.1 Å². The Bertz CT molecular complexity index is 1220. The molecule has 0 radical (unpaired) electrons. The van der Waals surface area contributed by atoms with Crippen molar-refractivity contribution >= 4 is 33.2 Å². The number of nitrogens with zero attached hydrogens (tertiary/aromatic N) is 3. The number of hydrogen-bond donors (Lipinski definition) is 1. The number of alkyl halides is 3. The molecule has 0 saturated heterocycles. The van der Waals surface area contributed by atoms with Gasteiger partial charge in [-0.2, -0.15) is 17.5 Å². The number of anilines is 1. The minimum Gasteiger partial charge on any atom is -0.325 e. The van der Waals surface area contributed by atoms with Crippen molar-refractivity contribution in [1.82, 2.24) is 13.4 Å². The Morgan fingerprint density at radius 3 is 2.40 bits per heavy atom. The molecule has 1 aromatic carbocycles. The van der Waals surface area contributed by atoms with Gasteiger partial charge in [-0.05, 0) is 18.2 Å². The first-order valence-corrected chi connectivity index (χ1v) is 9.87. The number of nitrogens with one attached hydrogen (secondary N) is 1. The number of halogens is 4. The molecule has 30 heavy (non-hydrogen) atoms. The van der Waals surface area contributed by atoms with Gasteiger partial charge in [0.15, 0.2) is 4.90 Å². The number of aryl methyl sites for hydroxylation is 1. The van der Waals surface area contributed by atoms with E-state index in [9.17, 15) is 36.0 Å². The van der Waals surface area contributed by atoms with Crippen LogP contribution in [-0.4, -0.2) is 41.4 Å². The molecular formula is C16H16ClF3N4O5S. The first-order chi connectivity index (χ1) is 13.7. The van der Waals surface area contributed by atoms with Gasteiger partial charge in [0.25, 0.3) is 5.56 Å². The van der Waals surface area contributed by atoms with Gasteiger partial charge in [-0.25, -0.2) is 13.2 Å². The molecular weight excluding hydrogens is 453 g/mol. The van der Waals surface area contributed by atoms with Gasteiger partial charge in [0.2, 0.25) is 15.9 Å². The zero-order valence-corrected chi connectivity index (χ0v) is 17.4. The molecule has 1 N–H and O–H groups in total. The summed E-state index contributed by atoms with van der Waals surface area (Å²) in [4.78, 5) is 35.3. The first kappa shape index (κ1) is 23.6. The highest BCUT2D eigenvalue weighted by molar-refractivity contribution is 7.89. The van der Waals surface area contributed by atoms with Crippen LogP contribution in [0.5, 0.6) is 0 Å². The monoisotopic (exact) mass is 468 g/mol. The van der Waals surface area contributed by atoms with Crippen LogP contribution in [0.4, 0.5) is 18.9 Å². The summed E-state index contributed by atoms with van der Waals surface area (Å²) in [6.45, 7) is -0.807. The number of amides is 1. The Morgan fingerprint density at radius 1 is 1.23 bits per heavy atom. The lowest BCUT2D eigenvalue weighted by Gasteiger charge is -2.18. The molecule has 2 rings (SSSR count). The van der Waals surface area contributed by atoms with E-state index in [2.05, 4.69) is 5.32 Å². The van der Waals surface area contributed by atoms with Gasteiger partial charge < -0.3 is 9.88 Å². The van der Waals surface area contributed by atoms with Crippen LogP contribution in [0.2, 0.25) is 5.02 Å². The number of hydrogen-bond acceptors (Lipinski definition) is 5. The minimum atomic E-state index is -4.75. The summed E-state index contributed by atoms with van der Waals surface area (Å²) in [7, 11) is -1.14.